The Morgan fingerprint density at radius 3 is 2.57 bits per heavy atom. The normalized spacial score (nSPS) is 11.1. The second kappa shape index (κ2) is 5.78. The van der Waals surface area contributed by atoms with Gasteiger partial charge in [-0.1, -0.05) is 43.8 Å². The van der Waals surface area contributed by atoms with Crippen molar-refractivity contribution in [3.8, 4) is 11.5 Å². The zero-order valence-electron chi connectivity index (χ0n) is 13.3. The van der Waals surface area contributed by atoms with E-state index in [4.69, 9.17) is 4.74 Å². The SMILES string of the molecule is CCOC(=O)c1c(C#C[Si](C)(C)C)n(C)c2ccccc12. The quantitative estimate of drug-likeness (QED) is 0.482. The molecule has 0 atom stereocenters. The third-order valence-corrected chi connectivity index (χ3v) is 4.02. The number of aromatic nitrogens is 1. The highest BCUT2D eigenvalue weighted by Gasteiger charge is 2.21. The molecule has 0 spiro atoms. The number of aryl methyl sites for hydroxylation is 1. The Morgan fingerprint density at radius 2 is 1.95 bits per heavy atom. The van der Waals surface area contributed by atoms with E-state index in [-0.39, 0.29) is 5.97 Å². The maximum absolute atomic E-state index is 12.3. The van der Waals surface area contributed by atoms with E-state index in [9.17, 15) is 4.79 Å². The Hall–Kier alpha value is -1.99. The molecule has 1 heterocycles. The van der Waals surface area contributed by atoms with Gasteiger partial charge in [-0.05, 0) is 13.0 Å². The fourth-order valence-electron chi connectivity index (χ4n) is 2.20. The van der Waals surface area contributed by atoms with Gasteiger partial charge in [0.2, 0.25) is 0 Å². The van der Waals surface area contributed by atoms with Crippen LogP contribution in [0.2, 0.25) is 19.6 Å². The van der Waals surface area contributed by atoms with Crippen molar-refractivity contribution in [2.75, 3.05) is 6.61 Å². The second-order valence-corrected chi connectivity index (χ2v) is 10.8. The van der Waals surface area contributed by atoms with E-state index in [1.807, 2.05) is 42.8 Å². The first kappa shape index (κ1) is 15.4. The van der Waals surface area contributed by atoms with Gasteiger partial charge in [-0.25, -0.2) is 4.79 Å². The minimum Gasteiger partial charge on any atom is -0.462 e. The summed E-state index contributed by atoms with van der Waals surface area (Å²) in [6.45, 7) is 8.74. The van der Waals surface area contributed by atoms with E-state index >= 15 is 0 Å². The van der Waals surface area contributed by atoms with Gasteiger partial charge in [0.05, 0.1) is 6.61 Å². The van der Waals surface area contributed by atoms with Gasteiger partial charge in [-0.3, -0.25) is 0 Å². The summed E-state index contributed by atoms with van der Waals surface area (Å²) in [5, 5.41) is 0.901. The highest BCUT2D eigenvalue weighted by atomic mass is 28.3. The smallest absolute Gasteiger partial charge is 0.341 e. The number of carbonyl (C=O) groups excluding carboxylic acids is 1. The number of rotatable bonds is 2. The van der Waals surface area contributed by atoms with Gasteiger partial charge in [0, 0.05) is 18.0 Å². The zero-order chi connectivity index (χ0) is 15.6. The molecule has 0 bridgehead atoms. The Balaban J connectivity index is 2.72. The molecule has 21 heavy (non-hydrogen) atoms. The molecule has 110 valence electrons. The van der Waals surface area contributed by atoms with E-state index in [0.717, 1.165) is 16.6 Å². The molecule has 4 heteroatoms. The molecule has 0 N–H and O–H groups in total. The number of fused-ring (bicyclic) bond motifs is 1. The van der Waals surface area contributed by atoms with Crippen molar-refractivity contribution in [1.29, 1.82) is 0 Å². The fraction of sp³-hybridized carbons (Fsp3) is 0.353. The van der Waals surface area contributed by atoms with Gasteiger partial charge < -0.3 is 9.30 Å². The number of para-hydroxylation sites is 1. The van der Waals surface area contributed by atoms with Gasteiger partial charge in [0.15, 0.2) is 0 Å². The van der Waals surface area contributed by atoms with Crippen LogP contribution in [-0.2, 0) is 11.8 Å². The van der Waals surface area contributed by atoms with Crippen LogP contribution >= 0.6 is 0 Å². The summed E-state index contributed by atoms with van der Waals surface area (Å²) in [5.41, 5.74) is 5.67. The van der Waals surface area contributed by atoms with Crippen molar-refractivity contribution in [2.24, 2.45) is 7.05 Å². The third kappa shape index (κ3) is 3.19. The Labute approximate surface area is 126 Å². The molecular weight excluding hydrogens is 278 g/mol. The number of ether oxygens (including phenoxy) is 1. The van der Waals surface area contributed by atoms with Crippen molar-refractivity contribution >= 4 is 24.9 Å². The molecule has 2 aromatic rings. The molecular formula is C17H21NO2Si. The number of hydrogen-bond donors (Lipinski definition) is 0. The molecule has 0 saturated heterocycles. The molecule has 0 amide bonds. The Morgan fingerprint density at radius 1 is 1.29 bits per heavy atom. The first-order valence-corrected chi connectivity index (χ1v) is 10.6. The highest BCUT2D eigenvalue weighted by molar-refractivity contribution is 6.83. The van der Waals surface area contributed by atoms with E-state index in [1.165, 1.54) is 0 Å². The van der Waals surface area contributed by atoms with Crippen LogP contribution in [0.3, 0.4) is 0 Å². The average Bonchev–Trinajstić information content (AvgIpc) is 2.69. The summed E-state index contributed by atoms with van der Waals surface area (Å²) < 4.78 is 7.19. The summed E-state index contributed by atoms with van der Waals surface area (Å²) in [6.07, 6.45) is 0. The van der Waals surface area contributed by atoms with Gasteiger partial charge in [-0.2, -0.15) is 0 Å². The molecule has 0 unspecified atom stereocenters. The third-order valence-electron chi connectivity index (χ3n) is 3.14. The van der Waals surface area contributed by atoms with Gasteiger partial charge in [-0.15, -0.1) is 5.54 Å². The lowest BCUT2D eigenvalue weighted by Crippen LogP contribution is -2.17. The summed E-state index contributed by atoms with van der Waals surface area (Å²) in [7, 11) is 0.429. The van der Waals surface area contributed by atoms with Crippen molar-refractivity contribution in [1.82, 2.24) is 4.57 Å². The number of esters is 1. The monoisotopic (exact) mass is 299 g/mol. The molecule has 1 aromatic heterocycles. The van der Waals surface area contributed by atoms with Crippen molar-refractivity contribution < 1.29 is 9.53 Å². The molecule has 0 aliphatic heterocycles. The maximum Gasteiger partial charge on any atom is 0.341 e. The molecule has 0 aliphatic carbocycles. The fourth-order valence-corrected chi connectivity index (χ4v) is 2.69. The highest BCUT2D eigenvalue weighted by Crippen LogP contribution is 2.25. The molecule has 1 aromatic carbocycles. The summed E-state index contributed by atoms with van der Waals surface area (Å²) >= 11 is 0. The van der Waals surface area contributed by atoms with E-state index < -0.39 is 8.07 Å². The standard InChI is InChI=1S/C17H21NO2Si/c1-6-20-17(19)16-13-9-7-8-10-14(13)18(2)15(16)11-12-21(3,4)5/h7-10H,6H2,1-5H3. The number of carbonyl (C=O) groups is 1. The van der Waals surface area contributed by atoms with Crippen LogP contribution in [0.4, 0.5) is 0 Å². The molecule has 0 fully saturated rings. The Bertz CT molecular complexity index is 742. The number of hydrogen-bond acceptors (Lipinski definition) is 2. The van der Waals surface area contributed by atoms with Gasteiger partial charge in [0.25, 0.3) is 0 Å². The number of nitrogens with zero attached hydrogens (tertiary/aromatic N) is 1. The van der Waals surface area contributed by atoms with Crippen molar-refractivity contribution in [3.05, 3.63) is 35.5 Å². The van der Waals surface area contributed by atoms with Crippen molar-refractivity contribution in [3.63, 3.8) is 0 Å². The summed E-state index contributed by atoms with van der Waals surface area (Å²) in [5.74, 6) is 2.93. The van der Waals surface area contributed by atoms with Crippen LogP contribution in [-0.4, -0.2) is 25.2 Å². The molecule has 0 saturated carbocycles. The van der Waals surface area contributed by atoms with Gasteiger partial charge >= 0.3 is 5.97 Å². The largest absolute Gasteiger partial charge is 0.462 e. The van der Waals surface area contributed by atoms with Crippen LogP contribution in [0.5, 0.6) is 0 Å². The molecule has 3 nitrogen and oxygen atoms in total. The lowest BCUT2D eigenvalue weighted by atomic mass is 10.1. The first-order valence-electron chi connectivity index (χ1n) is 7.13. The van der Waals surface area contributed by atoms with Crippen LogP contribution in [0.25, 0.3) is 10.9 Å². The van der Waals surface area contributed by atoms with Crippen molar-refractivity contribution in [2.45, 2.75) is 26.6 Å². The van der Waals surface area contributed by atoms with Crippen LogP contribution < -0.4 is 0 Å². The molecule has 2 rings (SSSR count). The van der Waals surface area contributed by atoms with Gasteiger partial charge in [0.1, 0.15) is 19.3 Å². The zero-order valence-corrected chi connectivity index (χ0v) is 14.3. The second-order valence-electron chi connectivity index (χ2n) is 6.02. The molecule has 0 aliphatic rings. The van der Waals surface area contributed by atoms with E-state index in [2.05, 4.69) is 31.1 Å². The van der Waals surface area contributed by atoms with Crippen LogP contribution in [0.15, 0.2) is 24.3 Å². The topological polar surface area (TPSA) is 31.2 Å². The lowest BCUT2D eigenvalue weighted by molar-refractivity contribution is 0.0528. The minimum atomic E-state index is -1.51. The van der Waals surface area contributed by atoms with Crippen LogP contribution in [0.1, 0.15) is 23.0 Å². The maximum atomic E-state index is 12.3. The average molecular weight is 299 g/mol. The van der Waals surface area contributed by atoms with E-state index in [1.54, 1.807) is 0 Å². The summed E-state index contributed by atoms with van der Waals surface area (Å²) in [4.78, 5) is 12.3. The predicted octanol–water partition coefficient (Wildman–Crippen LogP) is 3.58. The first-order chi connectivity index (χ1) is 9.85. The predicted molar refractivity (Wildman–Crippen MR) is 89.1 cm³/mol. The van der Waals surface area contributed by atoms with Crippen LogP contribution in [0, 0.1) is 11.5 Å². The minimum absolute atomic E-state index is 0.297. The lowest BCUT2D eigenvalue weighted by Gasteiger charge is -2.05. The van der Waals surface area contributed by atoms with E-state index in [0.29, 0.717) is 12.2 Å². The summed E-state index contributed by atoms with van der Waals surface area (Å²) in [6, 6.07) is 7.84. The molecule has 0 radical (unpaired) electrons. The Kier molecular flexibility index (Phi) is 4.24. The number of benzene rings is 1.